The van der Waals surface area contributed by atoms with Crippen molar-refractivity contribution >= 4 is 5.91 Å². The van der Waals surface area contributed by atoms with Crippen molar-refractivity contribution in [3.8, 4) is 0 Å². The summed E-state index contributed by atoms with van der Waals surface area (Å²) in [6.07, 6.45) is 2.81. The fraction of sp³-hybridized carbons (Fsp3) is 0.909. The van der Waals surface area contributed by atoms with Gasteiger partial charge in [0, 0.05) is 26.2 Å². The van der Waals surface area contributed by atoms with Gasteiger partial charge in [-0.25, -0.2) is 0 Å². The molecule has 0 radical (unpaired) electrons. The van der Waals surface area contributed by atoms with E-state index in [0.29, 0.717) is 18.3 Å². The second-order valence-electron chi connectivity index (χ2n) is 4.46. The first-order chi connectivity index (χ1) is 6.68. The Bertz CT molecular complexity index is 174. The summed E-state index contributed by atoms with van der Waals surface area (Å²) in [5.41, 5.74) is 0. The Hall–Kier alpha value is -0.570. The molecular weight excluding hydrogens is 178 g/mol. The molecule has 0 aromatic heterocycles. The summed E-state index contributed by atoms with van der Waals surface area (Å²) in [6, 6.07) is 0. The van der Waals surface area contributed by atoms with Crippen LogP contribution in [0.4, 0.5) is 0 Å². The van der Waals surface area contributed by atoms with Gasteiger partial charge in [0.1, 0.15) is 0 Å². The third-order valence-electron chi connectivity index (χ3n) is 2.52. The Balaban J connectivity index is 2.09. The number of rotatable bonds is 4. The van der Waals surface area contributed by atoms with Crippen LogP contribution in [0.25, 0.3) is 0 Å². The Labute approximate surface area is 86.2 Å². The van der Waals surface area contributed by atoms with Crippen LogP contribution in [0.5, 0.6) is 0 Å². The van der Waals surface area contributed by atoms with E-state index in [9.17, 15) is 4.79 Å². The molecule has 1 fully saturated rings. The Kier molecular flexibility index (Phi) is 4.94. The lowest BCUT2D eigenvalue weighted by molar-refractivity contribution is -0.122. The molecule has 1 rings (SSSR count). The minimum atomic E-state index is 0.187. The average Bonchev–Trinajstić information content (AvgIpc) is 2.15. The highest BCUT2D eigenvalue weighted by molar-refractivity contribution is 5.76. The van der Waals surface area contributed by atoms with Gasteiger partial charge in [-0.15, -0.1) is 0 Å². The molecule has 14 heavy (non-hydrogen) atoms. The highest BCUT2D eigenvalue weighted by Gasteiger charge is 2.14. The normalized spacial score (nSPS) is 18.5. The minimum absolute atomic E-state index is 0.187. The lowest BCUT2D eigenvalue weighted by Crippen LogP contribution is -2.32. The van der Waals surface area contributed by atoms with Gasteiger partial charge in [0.05, 0.1) is 0 Å². The first kappa shape index (κ1) is 11.5. The molecule has 1 aliphatic rings. The largest absolute Gasteiger partial charge is 0.381 e. The van der Waals surface area contributed by atoms with Gasteiger partial charge in [-0.2, -0.15) is 0 Å². The summed E-state index contributed by atoms with van der Waals surface area (Å²) in [5, 5.41) is 2.99. The summed E-state index contributed by atoms with van der Waals surface area (Å²) >= 11 is 0. The molecule has 0 unspecified atom stereocenters. The molecule has 0 aliphatic carbocycles. The standard InChI is InChI=1S/C11H21NO2/c1-9(2)7-11(13)12-8-10-3-5-14-6-4-10/h9-10H,3-8H2,1-2H3,(H,12,13). The quantitative estimate of drug-likeness (QED) is 0.746. The third-order valence-corrected chi connectivity index (χ3v) is 2.52. The molecule has 0 spiro atoms. The lowest BCUT2D eigenvalue weighted by Gasteiger charge is -2.22. The second-order valence-corrected chi connectivity index (χ2v) is 4.46. The number of hydrogen-bond donors (Lipinski definition) is 1. The number of ether oxygens (including phenoxy) is 1. The first-order valence-corrected chi connectivity index (χ1v) is 5.53. The van der Waals surface area contributed by atoms with E-state index in [-0.39, 0.29) is 5.91 Å². The molecule has 1 N–H and O–H groups in total. The van der Waals surface area contributed by atoms with Crippen LogP contribution in [0.15, 0.2) is 0 Å². The van der Waals surface area contributed by atoms with Crippen LogP contribution < -0.4 is 5.32 Å². The van der Waals surface area contributed by atoms with E-state index in [1.54, 1.807) is 0 Å². The van der Waals surface area contributed by atoms with E-state index >= 15 is 0 Å². The molecule has 1 heterocycles. The van der Waals surface area contributed by atoms with Gasteiger partial charge in [0.2, 0.25) is 5.91 Å². The zero-order valence-electron chi connectivity index (χ0n) is 9.21. The zero-order chi connectivity index (χ0) is 10.4. The van der Waals surface area contributed by atoms with Crippen molar-refractivity contribution in [2.24, 2.45) is 11.8 Å². The molecular formula is C11H21NO2. The molecule has 82 valence electrons. The van der Waals surface area contributed by atoms with E-state index in [2.05, 4.69) is 19.2 Å². The fourth-order valence-electron chi connectivity index (χ4n) is 1.65. The summed E-state index contributed by atoms with van der Waals surface area (Å²) in [5.74, 6) is 1.26. The van der Waals surface area contributed by atoms with Gasteiger partial charge < -0.3 is 10.1 Å². The highest BCUT2D eigenvalue weighted by atomic mass is 16.5. The van der Waals surface area contributed by atoms with Crippen molar-refractivity contribution in [3.05, 3.63) is 0 Å². The fourth-order valence-corrected chi connectivity index (χ4v) is 1.65. The second kappa shape index (κ2) is 6.02. The maximum absolute atomic E-state index is 11.4. The predicted octanol–water partition coefficient (Wildman–Crippen LogP) is 1.58. The number of nitrogens with one attached hydrogen (secondary N) is 1. The van der Waals surface area contributed by atoms with Crippen molar-refractivity contribution in [1.82, 2.24) is 5.32 Å². The predicted molar refractivity (Wildman–Crippen MR) is 56.0 cm³/mol. The first-order valence-electron chi connectivity index (χ1n) is 5.53. The summed E-state index contributed by atoms with van der Waals surface area (Å²) in [7, 11) is 0. The molecule has 3 nitrogen and oxygen atoms in total. The van der Waals surface area contributed by atoms with Crippen molar-refractivity contribution in [2.75, 3.05) is 19.8 Å². The molecule has 0 saturated carbocycles. The molecule has 0 aromatic carbocycles. The minimum Gasteiger partial charge on any atom is -0.381 e. The van der Waals surface area contributed by atoms with Crippen molar-refractivity contribution in [3.63, 3.8) is 0 Å². The molecule has 1 aliphatic heterocycles. The van der Waals surface area contributed by atoms with Crippen LogP contribution in [0.2, 0.25) is 0 Å². The average molecular weight is 199 g/mol. The number of amides is 1. The smallest absolute Gasteiger partial charge is 0.220 e. The van der Waals surface area contributed by atoms with Crippen LogP contribution in [-0.4, -0.2) is 25.7 Å². The Morgan fingerprint density at radius 2 is 2.07 bits per heavy atom. The van der Waals surface area contributed by atoms with Gasteiger partial charge >= 0.3 is 0 Å². The number of hydrogen-bond acceptors (Lipinski definition) is 2. The molecule has 0 aromatic rings. The van der Waals surface area contributed by atoms with Gasteiger partial charge in [0.15, 0.2) is 0 Å². The maximum Gasteiger partial charge on any atom is 0.220 e. The van der Waals surface area contributed by atoms with Crippen LogP contribution >= 0.6 is 0 Å². The van der Waals surface area contributed by atoms with E-state index in [1.807, 2.05) is 0 Å². The van der Waals surface area contributed by atoms with E-state index in [4.69, 9.17) is 4.74 Å². The monoisotopic (exact) mass is 199 g/mol. The van der Waals surface area contributed by atoms with Crippen molar-refractivity contribution in [2.45, 2.75) is 33.1 Å². The SMILES string of the molecule is CC(C)CC(=O)NCC1CCOCC1. The lowest BCUT2D eigenvalue weighted by atomic mass is 10.0. The zero-order valence-corrected chi connectivity index (χ0v) is 9.21. The van der Waals surface area contributed by atoms with Crippen LogP contribution in [0, 0.1) is 11.8 Å². The van der Waals surface area contributed by atoms with E-state index < -0.39 is 0 Å². The van der Waals surface area contributed by atoms with Gasteiger partial charge in [-0.3, -0.25) is 4.79 Å². The Morgan fingerprint density at radius 1 is 1.43 bits per heavy atom. The summed E-state index contributed by atoms with van der Waals surface area (Å²) in [6.45, 7) is 6.66. The van der Waals surface area contributed by atoms with Gasteiger partial charge in [0.25, 0.3) is 0 Å². The van der Waals surface area contributed by atoms with Crippen LogP contribution in [0.1, 0.15) is 33.1 Å². The van der Waals surface area contributed by atoms with E-state index in [0.717, 1.165) is 32.6 Å². The molecule has 3 heteroatoms. The highest BCUT2D eigenvalue weighted by Crippen LogP contribution is 2.13. The molecule has 0 atom stereocenters. The summed E-state index contributed by atoms with van der Waals surface area (Å²) in [4.78, 5) is 11.4. The molecule has 1 amide bonds. The van der Waals surface area contributed by atoms with E-state index in [1.165, 1.54) is 0 Å². The number of carbonyl (C=O) groups is 1. The van der Waals surface area contributed by atoms with Crippen LogP contribution in [-0.2, 0) is 9.53 Å². The van der Waals surface area contributed by atoms with Crippen LogP contribution in [0.3, 0.4) is 0 Å². The Morgan fingerprint density at radius 3 is 2.64 bits per heavy atom. The molecule has 0 bridgehead atoms. The van der Waals surface area contributed by atoms with Crippen molar-refractivity contribution in [1.29, 1.82) is 0 Å². The van der Waals surface area contributed by atoms with Gasteiger partial charge in [-0.05, 0) is 24.7 Å². The third kappa shape index (κ3) is 4.61. The molecule has 1 saturated heterocycles. The summed E-state index contributed by atoms with van der Waals surface area (Å²) < 4.78 is 5.26. The van der Waals surface area contributed by atoms with Crippen molar-refractivity contribution < 1.29 is 9.53 Å². The maximum atomic E-state index is 11.4. The number of carbonyl (C=O) groups excluding carboxylic acids is 1. The van der Waals surface area contributed by atoms with Gasteiger partial charge in [-0.1, -0.05) is 13.8 Å². The topological polar surface area (TPSA) is 38.3 Å².